The second-order valence-electron chi connectivity index (χ2n) is 9.10. The molecule has 1 heterocycles. The van der Waals surface area contributed by atoms with Gasteiger partial charge in [-0.15, -0.1) is 0 Å². The molecular formula is C19H29NO5. The van der Waals surface area contributed by atoms with Crippen LogP contribution >= 0.6 is 0 Å². The smallest absolute Gasteiger partial charge is 0.312 e. The first-order valence-corrected chi connectivity index (χ1v) is 9.60. The van der Waals surface area contributed by atoms with E-state index < -0.39 is 11.0 Å². The van der Waals surface area contributed by atoms with Crippen LogP contribution in [0.1, 0.15) is 52.4 Å². The van der Waals surface area contributed by atoms with Crippen molar-refractivity contribution in [3.05, 3.63) is 0 Å². The molecule has 1 saturated heterocycles. The van der Waals surface area contributed by atoms with Crippen molar-refractivity contribution in [3.8, 4) is 0 Å². The molecule has 0 spiro atoms. The quantitative estimate of drug-likeness (QED) is 0.780. The Kier molecular flexibility index (Phi) is 4.11. The van der Waals surface area contributed by atoms with Crippen LogP contribution in [-0.4, -0.2) is 59.4 Å². The molecular weight excluding hydrogens is 322 g/mol. The highest BCUT2D eigenvalue weighted by molar-refractivity contribution is 5.83. The zero-order chi connectivity index (χ0) is 17.8. The van der Waals surface area contributed by atoms with Gasteiger partial charge in [-0.25, -0.2) is 0 Å². The van der Waals surface area contributed by atoms with Crippen LogP contribution in [0.15, 0.2) is 0 Å². The lowest BCUT2D eigenvalue weighted by molar-refractivity contribution is -0.197. The summed E-state index contributed by atoms with van der Waals surface area (Å²) in [5, 5.41) is 10.8. The monoisotopic (exact) mass is 351 g/mol. The summed E-state index contributed by atoms with van der Waals surface area (Å²) in [6.45, 7) is 4.76. The molecule has 0 radical (unpaired) electrons. The Hall–Kier alpha value is -1.14. The van der Waals surface area contributed by atoms with Crippen LogP contribution in [0.3, 0.4) is 0 Å². The molecule has 4 bridgehead atoms. The molecule has 5 fully saturated rings. The summed E-state index contributed by atoms with van der Waals surface area (Å²) < 4.78 is 11.1. The van der Waals surface area contributed by atoms with Gasteiger partial charge in [-0.3, -0.25) is 9.59 Å². The summed E-state index contributed by atoms with van der Waals surface area (Å²) in [7, 11) is 0. The molecule has 4 atom stereocenters. The van der Waals surface area contributed by atoms with Crippen LogP contribution in [0.2, 0.25) is 0 Å². The highest BCUT2D eigenvalue weighted by atomic mass is 16.5. The number of rotatable bonds is 3. The fourth-order valence-electron chi connectivity index (χ4n) is 6.21. The Morgan fingerprint density at radius 2 is 1.72 bits per heavy atom. The summed E-state index contributed by atoms with van der Waals surface area (Å²) in [5.41, 5.74) is -1.26. The van der Waals surface area contributed by atoms with Gasteiger partial charge in [-0.1, -0.05) is 0 Å². The first kappa shape index (κ1) is 17.3. The van der Waals surface area contributed by atoms with Crippen LogP contribution in [0, 0.1) is 17.3 Å². The maximum absolute atomic E-state index is 12.8. The molecule has 140 valence electrons. The molecule has 25 heavy (non-hydrogen) atoms. The van der Waals surface area contributed by atoms with E-state index in [-0.39, 0.29) is 30.7 Å². The second kappa shape index (κ2) is 5.95. The van der Waals surface area contributed by atoms with Crippen LogP contribution < -0.4 is 0 Å². The SMILES string of the molecule is C[C@H]1CN(C(=O)COC(=O)C23C[C@@H]4C[C@H](CC(O)(C4)C2)C3)C[C@H](C)O1. The van der Waals surface area contributed by atoms with Crippen molar-refractivity contribution in [3.63, 3.8) is 0 Å². The molecule has 4 aliphatic carbocycles. The predicted molar refractivity (Wildman–Crippen MR) is 89.6 cm³/mol. The normalized spacial score (nSPS) is 45.5. The Balaban J connectivity index is 1.37. The molecule has 0 aromatic rings. The van der Waals surface area contributed by atoms with Gasteiger partial charge in [0.2, 0.25) is 0 Å². The maximum Gasteiger partial charge on any atom is 0.312 e. The summed E-state index contributed by atoms with van der Waals surface area (Å²) in [6.07, 6.45) is 4.89. The zero-order valence-electron chi connectivity index (χ0n) is 15.2. The number of nitrogens with zero attached hydrogens (tertiary/aromatic N) is 1. The van der Waals surface area contributed by atoms with Gasteiger partial charge in [-0.05, 0) is 64.2 Å². The fourth-order valence-corrected chi connectivity index (χ4v) is 6.21. The van der Waals surface area contributed by atoms with Crippen molar-refractivity contribution in [2.45, 2.75) is 70.2 Å². The van der Waals surface area contributed by atoms with Crippen molar-refractivity contribution < 1.29 is 24.2 Å². The molecule has 0 aromatic heterocycles. The van der Waals surface area contributed by atoms with E-state index in [4.69, 9.17) is 9.47 Å². The minimum atomic E-state index is -0.692. The van der Waals surface area contributed by atoms with Crippen molar-refractivity contribution in [2.75, 3.05) is 19.7 Å². The van der Waals surface area contributed by atoms with Crippen LogP contribution in [0.25, 0.3) is 0 Å². The van der Waals surface area contributed by atoms with E-state index in [1.165, 1.54) is 0 Å². The van der Waals surface area contributed by atoms with Crippen LogP contribution in [0.5, 0.6) is 0 Å². The standard InChI is InChI=1S/C19H29NO5/c1-12-8-20(9-13(2)25-12)16(21)10-24-17(22)18-4-14-3-15(5-18)7-19(23,6-14)11-18/h12-15,23H,3-11H2,1-2H3/t12-,13-,14-,15-,18?,19?/m0/s1. The third-order valence-electron chi connectivity index (χ3n) is 6.56. The van der Waals surface area contributed by atoms with Gasteiger partial charge >= 0.3 is 5.97 Å². The molecule has 5 aliphatic rings. The third kappa shape index (κ3) is 3.19. The fraction of sp³-hybridized carbons (Fsp3) is 0.895. The average Bonchev–Trinajstić information content (AvgIpc) is 2.48. The summed E-state index contributed by atoms with van der Waals surface area (Å²) >= 11 is 0. The van der Waals surface area contributed by atoms with Gasteiger partial charge in [0.15, 0.2) is 6.61 Å². The van der Waals surface area contributed by atoms with Crippen molar-refractivity contribution in [1.82, 2.24) is 4.90 Å². The molecule has 0 aromatic carbocycles. The number of esters is 1. The molecule has 5 rings (SSSR count). The van der Waals surface area contributed by atoms with E-state index in [0.29, 0.717) is 31.3 Å². The van der Waals surface area contributed by atoms with E-state index in [9.17, 15) is 14.7 Å². The van der Waals surface area contributed by atoms with Gasteiger partial charge < -0.3 is 19.5 Å². The number of aliphatic hydroxyl groups is 1. The highest BCUT2D eigenvalue weighted by Crippen LogP contribution is 2.61. The number of ether oxygens (including phenoxy) is 2. The number of hydrogen-bond donors (Lipinski definition) is 1. The van der Waals surface area contributed by atoms with Crippen molar-refractivity contribution in [2.24, 2.45) is 17.3 Å². The summed E-state index contributed by atoms with van der Waals surface area (Å²) in [4.78, 5) is 27.0. The van der Waals surface area contributed by atoms with E-state index in [2.05, 4.69) is 0 Å². The van der Waals surface area contributed by atoms with E-state index in [0.717, 1.165) is 32.1 Å². The first-order valence-electron chi connectivity index (χ1n) is 9.60. The Morgan fingerprint density at radius 1 is 1.12 bits per heavy atom. The molecule has 0 unspecified atom stereocenters. The van der Waals surface area contributed by atoms with Crippen LogP contribution in [-0.2, 0) is 19.1 Å². The number of hydrogen-bond acceptors (Lipinski definition) is 5. The van der Waals surface area contributed by atoms with Crippen LogP contribution in [0.4, 0.5) is 0 Å². The predicted octanol–water partition coefficient (Wildman–Crippen LogP) is 1.50. The number of carbonyl (C=O) groups excluding carboxylic acids is 2. The highest BCUT2D eigenvalue weighted by Gasteiger charge is 2.60. The lowest BCUT2D eigenvalue weighted by atomic mass is 9.48. The molecule has 1 aliphatic heterocycles. The second-order valence-corrected chi connectivity index (χ2v) is 9.10. The van der Waals surface area contributed by atoms with Crippen molar-refractivity contribution in [1.29, 1.82) is 0 Å². The molecule has 6 nitrogen and oxygen atoms in total. The lowest BCUT2D eigenvalue weighted by Crippen LogP contribution is -2.58. The maximum atomic E-state index is 12.8. The zero-order valence-corrected chi connectivity index (χ0v) is 15.2. The molecule has 4 saturated carbocycles. The largest absolute Gasteiger partial charge is 0.455 e. The number of morpholine rings is 1. The van der Waals surface area contributed by atoms with Gasteiger partial charge in [0, 0.05) is 13.1 Å². The molecule has 1 amide bonds. The average molecular weight is 351 g/mol. The Bertz CT molecular complexity index is 552. The Morgan fingerprint density at radius 3 is 2.28 bits per heavy atom. The van der Waals surface area contributed by atoms with E-state index >= 15 is 0 Å². The topological polar surface area (TPSA) is 76.1 Å². The summed E-state index contributed by atoms with van der Waals surface area (Å²) in [5.74, 6) is 0.424. The Labute approximate surface area is 148 Å². The van der Waals surface area contributed by atoms with E-state index in [1.54, 1.807) is 4.90 Å². The third-order valence-corrected chi connectivity index (χ3v) is 6.56. The van der Waals surface area contributed by atoms with Gasteiger partial charge in [0.25, 0.3) is 5.91 Å². The minimum absolute atomic E-state index is 0.000743. The lowest BCUT2D eigenvalue weighted by Gasteiger charge is -2.58. The number of carbonyl (C=O) groups is 2. The molecule has 1 N–H and O–H groups in total. The first-order chi connectivity index (χ1) is 11.8. The van der Waals surface area contributed by atoms with Crippen molar-refractivity contribution >= 4 is 11.9 Å². The minimum Gasteiger partial charge on any atom is -0.455 e. The number of amides is 1. The van der Waals surface area contributed by atoms with Gasteiger partial charge in [-0.2, -0.15) is 0 Å². The molecule has 6 heteroatoms. The summed E-state index contributed by atoms with van der Waals surface area (Å²) in [6, 6.07) is 0. The van der Waals surface area contributed by atoms with E-state index in [1.807, 2.05) is 13.8 Å². The van der Waals surface area contributed by atoms with Gasteiger partial charge in [0.1, 0.15) is 0 Å². The van der Waals surface area contributed by atoms with Gasteiger partial charge in [0.05, 0.1) is 23.2 Å².